The quantitative estimate of drug-likeness (QED) is 0.584. The van der Waals surface area contributed by atoms with Crippen LogP contribution >= 0.6 is 0 Å². The summed E-state index contributed by atoms with van der Waals surface area (Å²) >= 11 is 0. The summed E-state index contributed by atoms with van der Waals surface area (Å²) in [6, 6.07) is 0. The zero-order valence-electron chi connectivity index (χ0n) is 7.52. The van der Waals surface area contributed by atoms with Crippen LogP contribution in [0, 0.1) is 11.3 Å². The highest BCUT2D eigenvalue weighted by molar-refractivity contribution is 5.65. The molecular weight excluding hydrogens is 140 g/mol. The van der Waals surface area contributed by atoms with Crippen molar-refractivity contribution >= 4 is 5.97 Å². The molecule has 0 aromatic rings. The van der Waals surface area contributed by atoms with Crippen LogP contribution in [-0.2, 0) is 9.53 Å². The third-order valence-electron chi connectivity index (χ3n) is 2.49. The number of carbonyl (C=O) groups excluding carboxylic acids is 1. The number of rotatable bonds is 3. The van der Waals surface area contributed by atoms with Gasteiger partial charge >= 0.3 is 5.97 Å². The van der Waals surface area contributed by atoms with Crippen LogP contribution in [0.1, 0.15) is 33.6 Å². The van der Waals surface area contributed by atoms with Crippen LogP contribution in [0.15, 0.2) is 0 Å². The lowest BCUT2D eigenvalue weighted by Gasteiger charge is -2.02. The van der Waals surface area contributed by atoms with E-state index >= 15 is 0 Å². The summed E-state index contributed by atoms with van der Waals surface area (Å²) in [6.07, 6.45) is 2.32. The minimum Gasteiger partial charge on any atom is -0.466 e. The fourth-order valence-corrected chi connectivity index (χ4v) is 1.41. The predicted octanol–water partition coefficient (Wildman–Crippen LogP) is 1.99. The minimum absolute atomic E-state index is 0.163. The van der Waals surface area contributed by atoms with Gasteiger partial charge in [0.2, 0.25) is 0 Å². The van der Waals surface area contributed by atoms with Crippen LogP contribution in [0.25, 0.3) is 0 Å². The molecule has 0 radical (unpaired) electrons. The Labute approximate surface area is 67.9 Å². The second-order valence-corrected chi connectivity index (χ2v) is 4.02. The Balaban J connectivity index is 2.02. The molecule has 1 atom stereocenters. The molecule has 0 bridgehead atoms. The molecule has 0 aromatic heterocycles. The number of esters is 1. The lowest BCUT2D eigenvalue weighted by molar-refractivity contribution is -0.141. The van der Waals surface area contributed by atoms with E-state index in [-0.39, 0.29) is 5.97 Å². The first kappa shape index (κ1) is 8.57. The van der Waals surface area contributed by atoms with E-state index in [4.69, 9.17) is 4.74 Å². The first-order valence-electron chi connectivity index (χ1n) is 4.16. The Morgan fingerprint density at radius 2 is 2.18 bits per heavy atom. The van der Waals surface area contributed by atoms with E-state index in [2.05, 4.69) is 13.8 Å². The number of carbonyl (C=O) groups is 1. The summed E-state index contributed by atoms with van der Waals surface area (Å²) in [5.41, 5.74) is 0.514. The molecule has 0 spiro atoms. The van der Waals surface area contributed by atoms with E-state index in [1.807, 2.05) is 0 Å². The van der Waals surface area contributed by atoms with Gasteiger partial charge in [0.1, 0.15) is 0 Å². The molecule has 64 valence electrons. The first-order valence-corrected chi connectivity index (χ1v) is 4.16. The van der Waals surface area contributed by atoms with E-state index in [0.717, 1.165) is 12.3 Å². The minimum atomic E-state index is -0.163. The molecule has 0 N–H and O–H groups in total. The van der Waals surface area contributed by atoms with Gasteiger partial charge in [-0.3, -0.25) is 4.79 Å². The van der Waals surface area contributed by atoms with Gasteiger partial charge in [0, 0.05) is 6.92 Å². The molecule has 0 saturated heterocycles. The Hall–Kier alpha value is -0.530. The highest BCUT2D eigenvalue weighted by Gasteiger charge is 2.44. The Bertz CT molecular complexity index is 161. The average molecular weight is 156 g/mol. The van der Waals surface area contributed by atoms with Crippen LogP contribution in [0.3, 0.4) is 0 Å². The van der Waals surface area contributed by atoms with E-state index in [9.17, 15) is 4.79 Å². The average Bonchev–Trinajstić information content (AvgIpc) is 2.39. The van der Waals surface area contributed by atoms with Gasteiger partial charge < -0.3 is 4.74 Å². The van der Waals surface area contributed by atoms with Gasteiger partial charge in [-0.15, -0.1) is 0 Å². The monoisotopic (exact) mass is 156 g/mol. The lowest BCUT2D eigenvalue weighted by atomic mass is 10.1. The van der Waals surface area contributed by atoms with Crippen molar-refractivity contribution in [1.82, 2.24) is 0 Å². The van der Waals surface area contributed by atoms with Crippen LogP contribution in [0.4, 0.5) is 0 Å². The van der Waals surface area contributed by atoms with Gasteiger partial charge in [0.15, 0.2) is 0 Å². The zero-order valence-corrected chi connectivity index (χ0v) is 7.52. The van der Waals surface area contributed by atoms with Crippen molar-refractivity contribution in [2.75, 3.05) is 6.61 Å². The molecule has 0 heterocycles. The fraction of sp³-hybridized carbons (Fsp3) is 0.889. The maximum Gasteiger partial charge on any atom is 0.302 e. The van der Waals surface area contributed by atoms with Crippen LogP contribution in [0.5, 0.6) is 0 Å². The summed E-state index contributed by atoms with van der Waals surface area (Å²) in [5.74, 6) is 0.616. The van der Waals surface area contributed by atoms with E-state index in [0.29, 0.717) is 12.0 Å². The fourth-order valence-electron chi connectivity index (χ4n) is 1.41. The molecule has 0 aliphatic heterocycles. The standard InChI is InChI=1S/C9H16O2/c1-7(10)11-5-4-8-6-9(8,2)3/h8H,4-6H2,1-3H3. The highest BCUT2D eigenvalue weighted by atomic mass is 16.5. The predicted molar refractivity (Wildman–Crippen MR) is 43.1 cm³/mol. The Morgan fingerprint density at radius 1 is 1.64 bits per heavy atom. The second-order valence-electron chi connectivity index (χ2n) is 4.02. The lowest BCUT2D eigenvalue weighted by Crippen LogP contribution is -2.02. The SMILES string of the molecule is CC(=O)OCCC1CC1(C)C. The van der Waals surface area contributed by atoms with Crippen molar-refractivity contribution in [2.45, 2.75) is 33.6 Å². The molecular formula is C9H16O2. The molecule has 0 aromatic carbocycles. The summed E-state index contributed by atoms with van der Waals surface area (Å²) < 4.78 is 4.85. The van der Waals surface area contributed by atoms with Crippen LogP contribution in [-0.4, -0.2) is 12.6 Å². The Morgan fingerprint density at radius 3 is 2.55 bits per heavy atom. The highest BCUT2D eigenvalue weighted by Crippen LogP contribution is 2.53. The van der Waals surface area contributed by atoms with Crippen LogP contribution in [0.2, 0.25) is 0 Å². The van der Waals surface area contributed by atoms with E-state index < -0.39 is 0 Å². The summed E-state index contributed by atoms with van der Waals surface area (Å²) in [5, 5.41) is 0. The summed E-state index contributed by atoms with van der Waals surface area (Å²) in [4.78, 5) is 10.4. The van der Waals surface area contributed by atoms with Crippen molar-refractivity contribution in [3.63, 3.8) is 0 Å². The third kappa shape index (κ3) is 2.52. The molecule has 1 saturated carbocycles. The molecule has 0 amide bonds. The molecule has 1 fully saturated rings. The topological polar surface area (TPSA) is 26.3 Å². The molecule has 1 rings (SSSR count). The molecule has 2 nitrogen and oxygen atoms in total. The summed E-state index contributed by atoms with van der Waals surface area (Å²) in [7, 11) is 0. The van der Waals surface area contributed by atoms with Crippen molar-refractivity contribution in [1.29, 1.82) is 0 Å². The van der Waals surface area contributed by atoms with Crippen molar-refractivity contribution < 1.29 is 9.53 Å². The Kier molecular flexibility index (Phi) is 2.21. The number of hydrogen-bond acceptors (Lipinski definition) is 2. The van der Waals surface area contributed by atoms with E-state index in [1.54, 1.807) is 0 Å². The van der Waals surface area contributed by atoms with Gasteiger partial charge in [0.25, 0.3) is 0 Å². The molecule has 1 unspecified atom stereocenters. The van der Waals surface area contributed by atoms with Gasteiger partial charge in [0.05, 0.1) is 6.61 Å². The smallest absolute Gasteiger partial charge is 0.302 e. The van der Waals surface area contributed by atoms with Gasteiger partial charge in [-0.2, -0.15) is 0 Å². The molecule has 2 heteroatoms. The summed E-state index contributed by atoms with van der Waals surface area (Å²) in [6.45, 7) is 6.57. The van der Waals surface area contributed by atoms with Gasteiger partial charge in [-0.1, -0.05) is 13.8 Å². The van der Waals surface area contributed by atoms with Crippen molar-refractivity contribution in [2.24, 2.45) is 11.3 Å². The third-order valence-corrected chi connectivity index (χ3v) is 2.49. The zero-order chi connectivity index (χ0) is 8.48. The maximum atomic E-state index is 10.4. The normalized spacial score (nSPS) is 26.3. The second kappa shape index (κ2) is 2.84. The maximum absolute atomic E-state index is 10.4. The number of hydrogen-bond donors (Lipinski definition) is 0. The van der Waals surface area contributed by atoms with Gasteiger partial charge in [-0.25, -0.2) is 0 Å². The molecule has 1 aliphatic rings. The largest absolute Gasteiger partial charge is 0.466 e. The number of ether oxygens (including phenoxy) is 1. The molecule has 11 heavy (non-hydrogen) atoms. The van der Waals surface area contributed by atoms with E-state index in [1.165, 1.54) is 13.3 Å². The van der Waals surface area contributed by atoms with Crippen molar-refractivity contribution in [3.8, 4) is 0 Å². The molecule has 1 aliphatic carbocycles. The van der Waals surface area contributed by atoms with Gasteiger partial charge in [-0.05, 0) is 24.2 Å². The van der Waals surface area contributed by atoms with Crippen LogP contribution < -0.4 is 0 Å². The van der Waals surface area contributed by atoms with Crippen molar-refractivity contribution in [3.05, 3.63) is 0 Å². The first-order chi connectivity index (χ1) is 5.02.